The van der Waals surface area contributed by atoms with Gasteiger partial charge in [-0.05, 0) is 134 Å². The van der Waals surface area contributed by atoms with E-state index in [0.717, 1.165) is 38.0 Å². The number of ether oxygens (including phenoxy) is 1. The predicted octanol–water partition coefficient (Wildman–Crippen LogP) is 12.2. The highest BCUT2D eigenvalue weighted by Crippen LogP contribution is 2.55. The van der Waals surface area contributed by atoms with Crippen LogP contribution in [0, 0.1) is 0 Å². The number of aryl methyl sites for hydroxylation is 2. The van der Waals surface area contributed by atoms with Crippen LogP contribution < -0.4 is 15.9 Å². The molecule has 0 aromatic heterocycles. The SMILES string of the molecule is CC(C)(C)c1cc(P(c2cc(C(C)(C)C)cc(C(C)(C)C)c2)c2cccc3c2[C@@]2(CCc4cccc(C5=N[C@@H](Cc6ccccc6)CO5)c42)CC3)cc(C(C)(C)C)c1. The number of benzene rings is 5. The van der Waals surface area contributed by atoms with Crippen LogP contribution in [0.25, 0.3) is 0 Å². The number of fused-ring (bicyclic) bond motifs is 4. The summed E-state index contributed by atoms with van der Waals surface area (Å²) in [4.78, 5) is 5.32. The average Bonchev–Trinajstić information content (AvgIpc) is 3.89. The fourth-order valence-electron chi connectivity index (χ4n) is 9.73. The van der Waals surface area contributed by atoms with Crippen molar-refractivity contribution in [3.63, 3.8) is 0 Å². The zero-order chi connectivity index (χ0) is 41.4. The first kappa shape index (κ1) is 40.8. The topological polar surface area (TPSA) is 21.6 Å². The fraction of sp³-hybridized carbons (Fsp3) is 0.436. The molecule has 8 rings (SSSR count). The van der Waals surface area contributed by atoms with E-state index in [-0.39, 0.29) is 33.1 Å². The molecule has 0 amide bonds. The van der Waals surface area contributed by atoms with Crippen molar-refractivity contribution in [2.24, 2.45) is 4.99 Å². The lowest BCUT2D eigenvalue weighted by Crippen LogP contribution is -2.34. The molecule has 1 aliphatic heterocycles. The molecular weight excluding hydrogens is 722 g/mol. The number of hydrogen-bond donors (Lipinski definition) is 0. The summed E-state index contributed by atoms with van der Waals surface area (Å²) in [7, 11) is -0.951. The van der Waals surface area contributed by atoms with Crippen molar-refractivity contribution in [2.75, 3.05) is 6.61 Å². The molecule has 2 aliphatic carbocycles. The summed E-state index contributed by atoms with van der Waals surface area (Å²) in [5.41, 5.74) is 14.2. The van der Waals surface area contributed by atoms with Crippen molar-refractivity contribution in [1.29, 1.82) is 0 Å². The van der Waals surface area contributed by atoms with E-state index in [1.165, 1.54) is 66.0 Å². The van der Waals surface area contributed by atoms with Gasteiger partial charge in [-0.3, -0.25) is 0 Å². The van der Waals surface area contributed by atoms with Gasteiger partial charge in [0.05, 0.1) is 6.04 Å². The lowest BCUT2D eigenvalue weighted by molar-refractivity contribution is 0.316. The molecule has 3 heteroatoms. The van der Waals surface area contributed by atoms with Crippen LogP contribution in [0.5, 0.6) is 0 Å². The monoisotopic (exact) mass is 787 g/mol. The van der Waals surface area contributed by atoms with Gasteiger partial charge in [-0.25, -0.2) is 4.99 Å². The van der Waals surface area contributed by atoms with E-state index in [0.29, 0.717) is 6.61 Å². The Morgan fingerprint density at radius 2 is 1.05 bits per heavy atom. The minimum absolute atomic E-state index is 0.0143. The minimum Gasteiger partial charge on any atom is -0.475 e. The van der Waals surface area contributed by atoms with Crippen LogP contribution in [0.2, 0.25) is 0 Å². The van der Waals surface area contributed by atoms with Crippen molar-refractivity contribution in [3.05, 3.63) is 159 Å². The summed E-state index contributed by atoms with van der Waals surface area (Å²) >= 11 is 0. The van der Waals surface area contributed by atoms with E-state index in [1.807, 2.05) is 0 Å². The molecule has 0 saturated carbocycles. The maximum absolute atomic E-state index is 6.59. The third-order valence-corrected chi connectivity index (χ3v) is 15.6. The molecule has 0 bridgehead atoms. The third-order valence-electron chi connectivity index (χ3n) is 13.2. The van der Waals surface area contributed by atoms with Crippen LogP contribution in [-0.4, -0.2) is 18.5 Å². The van der Waals surface area contributed by atoms with Crippen molar-refractivity contribution < 1.29 is 4.74 Å². The molecule has 5 aromatic rings. The van der Waals surface area contributed by atoms with Crippen LogP contribution in [-0.2, 0) is 51.1 Å². The van der Waals surface area contributed by atoms with Crippen molar-refractivity contribution in [1.82, 2.24) is 0 Å². The van der Waals surface area contributed by atoms with E-state index in [9.17, 15) is 0 Å². The van der Waals surface area contributed by atoms with E-state index >= 15 is 0 Å². The van der Waals surface area contributed by atoms with Crippen LogP contribution in [0.15, 0.2) is 108 Å². The van der Waals surface area contributed by atoms with E-state index in [1.54, 1.807) is 5.56 Å². The van der Waals surface area contributed by atoms with Gasteiger partial charge in [0, 0.05) is 11.0 Å². The van der Waals surface area contributed by atoms with Gasteiger partial charge < -0.3 is 4.74 Å². The molecule has 0 fully saturated rings. The molecule has 0 unspecified atom stereocenters. The first-order chi connectivity index (χ1) is 27.2. The van der Waals surface area contributed by atoms with Crippen LogP contribution in [0.4, 0.5) is 0 Å². The Bertz CT molecular complexity index is 2230. The second-order valence-electron chi connectivity index (χ2n) is 21.7. The minimum atomic E-state index is -0.951. The molecule has 1 heterocycles. The summed E-state index contributed by atoms with van der Waals surface area (Å²) in [6.45, 7) is 29.2. The summed E-state index contributed by atoms with van der Waals surface area (Å²) in [6.07, 6.45) is 5.32. The maximum atomic E-state index is 6.59. The van der Waals surface area contributed by atoms with Crippen molar-refractivity contribution >= 4 is 29.7 Å². The van der Waals surface area contributed by atoms with Gasteiger partial charge in [0.15, 0.2) is 0 Å². The molecule has 2 nitrogen and oxygen atoms in total. The number of rotatable bonds is 6. The van der Waals surface area contributed by atoms with Gasteiger partial charge >= 0.3 is 0 Å². The highest BCUT2D eigenvalue weighted by Gasteiger charge is 2.49. The first-order valence-corrected chi connectivity index (χ1v) is 23.2. The van der Waals surface area contributed by atoms with E-state index in [2.05, 4.69) is 186 Å². The molecule has 2 atom stereocenters. The third kappa shape index (κ3) is 7.65. The summed E-state index contributed by atoms with van der Waals surface area (Å²) in [6, 6.07) is 40.5. The van der Waals surface area contributed by atoms with Crippen LogP contribution in [0.3, 0.4) is 0 Å². The maximum Gasteiger partial charge on any atom is 0.216 e. The van der Waals surface area contributed by atoms with Gasteiger partial charge in [-0.1, -0.05) is 180 Å². The van der Waals surface area contributed by atoms with Gasteiger partial charge in [-0.2, -0.15) is 0 Å². The zero-order valence-corrected chi connectivity index (χ0v) is 38.3. The van der Waals surface area contributed by atoms with Gasteiger partial charge in [-0.15, -0.1) is 0 Å². The molecule has 302 valence electrons. The lowest BCUT2D eigenvalue weighted by atomic mass is 9.74. The summed E-state index contributed by atoms with van der Waals surface area (Å²) in [5.74, 6) is 0.840. The van der Waals surface area contributed by atoms with Gasteiger partial charge in [0.25, 0.3) is 0 Å². The van der Waals surface area contributed by atoms with Gasteiger partial charge in [0.2, 0.25) is 5.90 Å². The lowest BCUT2D eigenvalue weighted by Gasteiger charge is -2.35. The van der Waals surface area contributed by atoms with Crippen LogP contribution in [0.1, 0.15) is 152 Å². The highest BCUT2D eigenvalue weighted by molar-refractivity contribution is 7.80. The fourth-order valence-corrected chi connectivity index (χ4v) is 12.5. The van der Waals surface area contributed by atoms with E-state index in [4.69, 9.17) is 9.73 Å². The molecule has 0 saturated heterocycles. The molecule has 3 aliphatic rings. The summed E-state index contributed by atoms with van der Waals surface area (Å²) < 4.78 is 6.59. The zero-order valence-electron chi connectivity index (χ0n) is 37.4. The molecular formula is C55H66NOP. The number of hydrogen-bond acceptors (Lipinski definition) is 2. The molecule has 1 spiro atoms. The van der Waals surface area contributed by atoms with Crippen molar-refractivity contribution in [3.8, 4) is 0 Å². The number of nitrogens with zero attached hydrogens (tertiary/aromatic N) is 1. The first-order valence-electron chi connectivity index (χ1n) is 21.8. The Morgan fingerprint density at radius 3 is 1.55 bits per heavy atom. The van der Waals surface area contributed by atoms with Crippen LogP contribution >= 0.6 is 7.92 Å². The van der Waals surface area contributed by atoms with Gasteiger partial charge in [0.1, 0.15) is 6.61 Å². The Balaban J connectivity index is 1.37. The largest absolute Gasteiger partial charge is 0.475 e. The Hall–Kier alpha value is -4.00. The second-order valence-corrected chi connectivity index (χ2v) is 23.9. The molecule has 58 heavy (non-hydrogen) atoms. The Morgan fingerprint density at radius 1 is 0.569 bits per heavy atom. The Kier molecular flexibility index (Phi) is 10.3. The smallest absolute Gasteiger partial charge is 0.216 e. The predicted molar refractivity (Wildman–Crippen MR) is 250 cm³/mol. The number of aliphatic imine (C=N–C) groups is 1. The molecule has 5 aromatic carbocycles. The molecule has 0 N–H and O–H groups in total. The second kappa shape index (κ2) is 14.6. The highest BCUT2D eigenvalue weighted by atomic mass is 31.1. The van der Waals surface area contributed by atoms with E-state index < -0.39 is 7.92 Å². The Labute approximate surface area is 351 Å². The molecule has 0 radical (unpaired) electrons. The quantitative estimate of drug-likeness (QED) is 0.157. The summed E-state index contributed by atoms with van der Waals surface area (Å²) in [5, 5.41) is 4.46. The van der Waals surface area contributed by atoms with Crippen molar-refractivity contribution in [2.45, 2.75) is 148 Å². The normalized spacial score (nSPS) is 19.4. The average molecular weight is 788 g/mol. The standard InChI is InChI=1S/C55H66NOP/c1-51(2,3)39-29-40(52(4,5)6)32-44(31-39)58(45-33-41(53(7,8)9)30-42(34-45)54(10,11)12)47-23-17-21-38-25-27-55(49(38)47)26-24-37-20-16-22-46(48(37)55)50-56-43(35-57-50)28-36-18-14-13-15-19-36/h13-23,29-34,43H,24-28,35H2,1-12H3/t43-,55-/m0/s1.